The van der Waals surface area contributed by atoms with Crippen molar-refractivity contribution >= 4 is 23.3 Å². The van der Waals surface area contributed by atoms with Crippen molar-refractivity contribution in [3.8, 4) is 5.75 Å². The zero-order valence-electron chi connectivity index (χ0n) is 14.8. The molecule has 3 rings (SSSR count). The van der Waals surface area contributed by atoms with Crippen molar-refractivity contribution in [1.82, 2.24) is 0 Å². The maximum Gasteiger partial charge on any atom is 0.338 e. The fourth-order valence-corrected chi connectivity index (χ4v) is 2.46. The molecular formula is C22H17NO5. The van der Waals surface area contributed by atoms with Gasteiger partial charge >= 0.3 is 5.97 Å². The van der Waals surface area contributed by atoms with E-state index >= 15 is 0 Å². The van der Waals surface area contributed by atoms with Gasteiger partial charge in [-0.15, -0.1) is 0 Å². The zero-order valence-corrected chi connectivity index (χ0v) is 14.8. The van der Waals surface area contributed by atoms with Gasteiger partial charge in [0.15, 0.2) is 12.4 Å². The highest BCUT2D eigenvalue weighted by Gasteiger charge is 2.13. The summed E-state index contributed by atoms with van der Waals surface area (Å²) in [5.41, 5.74) is 1.58. The van der Waals surface area contributed by atoms with Crippen LogP contribution in [0.15, 0.2) is 78.9 Å². The number of carbonyl (C=O) groups is 3. The number of benzene rings is 3. The Hall–Kier alpha value is -3.93. The van der Waals surface area contributed by atoms with Crippen molar-refractivity contribution in [1.29, 1.82) is 0 Å². The summed E-state index contributed by atoms with van der Waals surface area (Å²) in [6, 6.07) is 20.8. The Bertz CT molecular complexity index is 997. The lowest BCUT2D eigenvalue weighted by Crippen LogP contribution is -2.15. The Balaban J connectivity index is 1.56. The average Bonchev–Trinajstić information content (AvgIpc) is 2.73. The van der Waals surface area contributed by atoms with E-state index in [0.29, 0.717) is 16.8 Å². The number of nitrogens with one attached hydrogen (secondary N) is 1. The maximum absolute atomic E-state index is 12.2. The zero-order chi connectivity index (χ0) is 19.9. The Kier molecular flexibility index (Phi) is 5.81. The molecule has 2 N–H and O–H groups in total. The smallest absolute Gasteiger partial charge is 0.338 e. The predicted molar refractivity (Wildman–Crippen MR) is 104 cm³/mol. The third kappa shape index (κ3) is 4.82. The van der Waals surface area contributed by atoms with Crippen LogP contribution < -0.4 is 5.32 Å². The molecule has 0 fully saturated rings. The van der Waals surface area contributed by atoms with E-state index in [9.17, 15) is 19.5 Å². The normalized spacial score (nSPS) is 10.1. The van der Waals surface area contributed by atoms with Crippen molar-refractivity contribution in [3.05, 3.63) is 95.6 Å². The minimum Gasteiger partial charge on any atom is -0.508 e. The van der Waals surface area contributed by atoms with Gasteiger partial charge < -0.3 is 15.2 Å². The van der Waals surface area contributed by atoms with Crippen LogP contribution in [0.3, 0.4) is 0 Å². The van der Waals surface area contributed by atoms with E-state index in [0.717, 1.165) is 0 Å². The Morgan fingerprint density at radius 2 is 1.46 bits per heavy atom. The molecule has 0 saturated heterocycles. The van der Waals surface area contributed by atoms with Crippen LogP contribution in [0.2, 0.25) is 0 Å². The van der Waals surface area contributed by atoms with Gasteiger partial charge in [-0.1, -0.05) is 24.3 Å². The molecule has 0 spiro atoms. The lowest BCUT2D eigenvalue weighted by Gasteiger charge is -2.07. The van der Waals surface area contributed by atoms with Gasteiger partial charge in [-0.3, -0.25) is 9.59 Å². The third-order valence-electron chi connectivity index (χ3n) is 3.92. The topological polar surface area (TPSA) is 92.7 Å². The monoisotopic (exact) mass is 375 g/mol. The first-order valence-corrected chi connectivity index (χ1v) is 8.49. The summed E-state index contributed by atoms with van der Waals surface area (Å²) >= 11 is 0. The largest absolute Gasteiger partial charge is 0.508 e. The van der Waals surface area contributed by atoms with Crippen LogP contribution in [-0.4, -0.2) is 29.4 Å². The van der Waals surface area contributed by atoms with Crippen molar-refractivity contribution in [3.63, 3.8) is 0 Å². The van der Waals surface area contributed by atoms with Gasteiger partial charge in [0.1, 0.15) is 5.75 Å². The lowest BCUT2D eigenvalue weighted by atomic mass is 10.1. The number of phenolic OH excluding ortho intramolecular Hbond substituents is 1. The molecule has 3 aromatic carbocycles. The molecule has 0 heterocycles. The van der Waals surface area contributed by atoms with Gasteiger partial charge in [0.25, 0.3) is 5.91 Å². The van der Waals surface area contributed by atoms with E-state index in [1.165, 1.54) is 24.3 Å². The molecule has 0 radical (unpaired) electrons. The van der Waals surface area contributed by atoms with E-state index in [1.807, 2.05) is 6.07 Å². The molecule has 6 nitrogen and oxygen atoms in total. The van der Waals surface area contributed by atoms with Crippen LogP contribution in [-0.2, 0) is 4.74 Å². The highest BCUT2D eigenvalue weighted by Crippen LogP contribution is 2.14. The molecule has 0 aliphatic rings. The highest BCUT2D eigenvalue weighted by atomic mass is 16.5. The summed E-state index contributed by atoms with van der Waals surface area (Å²) in [4.78, 5) is 36.2. The predicted octanol–water partition coefficient (Wildman–Crippen LogP) is 3.68. The first-order valence-electron chi connectivity index (χ1n) is 8.49. The summed E-state index contributed by atoms with van der Waals surface area (Å²) in [6.45, 7) is -0.426. The molecule has 0 unspecified atom stereocenters. The molecule has 0 atom stereocenters. The van der Waals surface area contributed by atoms with Gasteiger partial charge in [-0.05, 0) is 54.6 Å². The molecule has 140 valence electrons. The van der Waals surface area contributed by atoms with Gasteiger partial charge in [0.2, 0.25) is 0 Å². The number of ketones is 1. The number of ether oxygens (including phenoxy) is 1. The minimum absolute atomic E-state index is 0.0612. The van der Waals surface area contributed by atoms with E-state index in [-0.39, 0.29) is 23.0 Å². The molecule has 1 amide bonds. The number of rotatable bonds is 6. The SMILES string of the molecule is O=C(COC(=O)c1cccc(O)c1)c1ccc(NC(=O)c2ccccc2)cc1. The number of aromatic hydroxyl groups is 1. The van der Waals surface area contributed by atoms with Crippen molar-refractivity contribution in [2.24, 2.45) is 0 Å². The standard InChI is InChI=1S/C22H17NO5/c24-19-8-4-7-17(13-19)22(27)28-14-20(25)15-9-11-18(12-10-15)23-21(26)16-5-2-1-3-6-16/h1-13,24H,14H2,(H,23,26). The lowest BCUT2D eigenvalue weighted by molar-refractivity contribution is 0.0474. The van der Waals surface area contributed by atoms with Crippen molar-refractivity contribution in [2.75, 3.05) is 11.9 Å². The highest BCUT2D eigenvalue weighted by molar-refractivity contribution is 6.05. The van der Waals surface area contributed by atoms with Crippen LogP contribution in [0.1, 0.15) is 31.1 Å². The number of esters is 1. The molecule has 0 aliphatic carbocycles. The molecule has 0 saturated carbocycles. The van der Waals surface area contributed by atoms with Gasteiger partial charge in [-0.25, -0.2) is 4.79 Å². The molecule has 0 aliphatic heterocycles. The van der Waals surface area contributed by atoms with Crippen LogP contribution in [0.5, 0.6) is 5.75 Å². The number of carbonyl (C=O) groups excluding carboxylic acids is 3. The molecule has 0 aromatic heterocycles. The molecule has 28 heavy (non-hydrogen) atoms. The number of anilines is 1. The van der Waals surface area contributed by atoms with E-state index in [1.54, 1.807) is 48.5 Å². The van der Waals surface area contributed by atoms with Gasteiger partial charge in [-0.2, -0.15) is 0 Å². The maximum atomic E-state index is 12.2. The molecule has 6 heteroatoms. The van der Waals surface area contributed by atoms with Crippen LogP contribution in [0.4, 0.5) is 5.69 Å². The number of hydrogen-bond acceptors (Lipinski definition) is 5. The molecule has 3 aromatic rings. The fourth-order valence-electron chi connectivity index (χ4n) is 2.46. The fraction of sp³-hybridized carbons (Fsp3) is 0.0455. The second-order valence-corrected chi connectivity index (χ2v) is 5.95. The Morgan fingerprint density at radius 1 is 0.786 bits per heavy atom. The summed E-state index contributed by atoms with van der Waals surface area (Å²) in [5.74, 6) is -1.39. The summed E-state index contributed by atoms with van der Waals surface area (Å²) in [7, 11) is 0. The summed E-state index contributed by atoms with van der Waals surface area (Å²) in [6.07, 6.45) is 0. The van der Waals surface area contributed by atoms with Crippen LogP contribution in [0, 0.1) is 0 Å². The van der Waals surface area contributed by atoms with Crippen LogP contribution in [0.25, 0.3) is 0 Å². The average molecular weight is 375 g/mol. The first kappa shape index (κ1) is 18.8. The Morgan fingerprint density at radius 3 is 2.14 bits per heavy atom. The molecule has 0 bridgehead atoms. The van der Waals surface area contributed by atoms with Crippen molar-refractivity contribution in [2.45, 2.75) is 0 Å². The minimum atomic E-state index is -0.698. The van der Waals surface area contributed by atoms with Crippen LogP contribution >= 0.6 is 0 Å². The van der Waals surface area contributed by atoms with Crippen molar-refractivity contribution < 1.29 is 24.2 Å². The molecular weight excluding hydrogens is 358 g/mol. The van der Waals surface area contributed by atoms with Gasteiger partial charge in [0, 0.05) is 16.8 Å². The van der Waals surface area contributed by atoms with E-state index in [2.05, 4.69) is 5.32 Å². The van der Waals surface area contributed by atoms with E-state index < -0.39 is 12.6 Å². The second kappa shape index (κ2) is 8.64. The Labute approximate surface area is 161 Å². The summed E-state index contributed by atoms with van der Waals surface area (Å²) < 4.78 is 4.98. The third-order valence-corrected chi connectivity index (χ3v) is 3.92. The first-order chi connectivity index (χ1) is 13.5. The number of phenols is 1. The quantitative estimate of drug-likeness (QED) is 0.506. The van der Waals surface area contributed by atoms with Gasteiger partial charge in [0.05, 0.1) is 5.56 Å². The van der Waals surface area contributed by atoms with E-state index in [4.69, 9.17) is 4.74 Å². The number of Topliss-reactive ketones (excluding diaryl/α,β-unsaturated/α-hetero) is 1. The number of hydrogen-bond donors (Lipinski definition) is 2. The number of amides is 1. The summed E-state index contributed by atoms with van der Waals surface area (Å²) in [5, 5.41) is 12.1. The second-order valence-electron chi connectivity index (χ2n) is 5.95.